The highest BCUT2D eigenvalue weighted by Crippen LogP contribution is 2.29. The van der Waals surface area contributed by atoms with E-state index in [-0.39, 0.29) is 23.0 Å². The Morgan fingerprint density at radius 3 is 2.32 bits per heavy atom. The number of hydrogen-bond donors (Lipinski definition) is 3. The van der Waals surface area contributed by atoms with Crippen LogP contribution in [0.1, 0.15) is 35.3 Å². The Morgan fingerprint density at radius 2 is 1.62 bits per heavy atom. The van der Waals surface area contributed by atoms with Crippen LogP contribution in [0.2, 0.25) is 0 Å². The Bertz CT molecular complexity index is 1470. The van der Waals surface area contributed by atoms with E-state index in [1.54, 1.807) is 36.4 Å². The fourth-order valence-electron chi connectivity index (χ4n) is 3.89. The van der Waals surface area contributed by atoms with E-state index in [1.165, 1.54) is 11.1 Å². The van der Waals surface area contributed by atoms with Gasteiger partial charge in [-0.05, 0) is 61.4 Å². The summed E-state index contributed by atoms with van der Waals surface area (Å²) in [6, 6.07) is 33.0. The molecule has 4 aromatic carbocycles. The van der Waals surface area contributed by atoms with Crippen LogP contribution in [-0.4, -0.2) is 14.3 Å². The molecule has 0 spiro atoms. The zero-order valence-electron chi connectivity index (χ0n) is 20.7. The summed E-state index contributed by atoms with van der Waals surface area (Å²) in [7, 11) is -3.91. The second-order valence-electron chi connectivity index (χ2n) is 9.07. The molecule has 0 saturated heterocycles. The molecule has 0 bridgehead atoms. The van der Waals surface area contributed by atoms with Crippen molar-refractivity contribution in [3.63, 3.8) is 0 Å². The van der Waals surface area contributed by atoms with E-state index in [1.807, 2.05) is 74.5 Å². The van der Waals surface area contributed by atoms with Gasteiger partial charge in [0.05, 0.1) is 16.9 Å². The van der Waals surface area contributed by atoms with Gasteiger partial charge >= 0.3 is 0 Å². The number of nitrogens with zero attached hydrogens (tertiary/aromatic N) is 1. The van der Waals surface area contributed by atoms with Crippen LogP contribution < -0.4 is 20.9 Å². The molecule has 4 rings (SSSR count). The fraction of sp³-hybridized carbons (Fsp3) is 0.138. The number of benzene rings is 4. The van der Waals surface area contributed by atoms with Gasteiger partial charge in [-0.3, -0.25) is 9.80 Å². The van der Waals surface area contributed by atoms with Gasteiger partial charge in [0.1, 0.15) is 4.90 Å². The first-order valence-corrected chi connectivity index (χ1v) is 13.2. The van der Waals surface area contributed by atoms with Crippen molar-refractivity contribution >= 4 is 27.3 Å². The zero-order chi connectivity index (χ0) is 26.5. The lowest BCUT2D eigenvalue weighted by molar-refractivity contribution is 0.0912. The lowest BCUT2D eigenvalue weighted by Gasteiger charge is -2.27. The number of anilines is 2. The molecule has 1 amide bonds. The van der Waals surface area contributed by atoms with E-state index in [0.29, 0.717) is 11.3 Å². The van der Waals surface area contributed by atoms with E-state index in [4.69, 9.17) is 5.84 Å². The number of hydrazine groups is 1. The van der Waals surface area contributed by atoms with Crippen molar-refractivity contribution in [2.75, 3.05) is 5.01 Å². The van der Waals surface area contributed by atoms with E-state index >= 15 is 0 Å². The third kappa shape index (κ3) is 6.24. The summed E-state index contributed by atoms with van der Waals surface area (Å²) in [4.78, 5) is 13.1. The van der Waals surface area contributed by atoms with Crippen molar-refractivity contribution in [3.05, 3.63) is 126 Å². The Hall–Kier alpha value is -3.98. The van der Waals surface area contributed by atoms with E-state index in [9.17, 15) is 13.2 Å². The molecule has 189 valence electrons. The molecule has 1 radical (unpaired) electrons. The summed E-state index contributed by atoms with van der Waals surface area (Å²) in [6.07, 6.45) is 0. The predicted octanol–water partition coefficient (Wildman–Crippen LogP) is 4.64. The van der Waals surface area contributed by atoms with Crippen molar-refractivity contribution in [3.8, 4) is 0 Å². The van der Waals surface area contributed by atoms with Crippen molar-refractivity contribution in [1.29, 1.82) is 0 Å². The molecule has 4 N–H and O–H groups in total. The summed E-state index contributed by atoms with van der Waals surface area (Å²) in [5.74, 6) is 6.13. The van der Waals surface area contributed by atoms with Crippen LogP contribution in [0.25, 0.3) is 0 Å². The van der Waals surface area contributed by atoms with Gasteiger partial charge in [-0.25, -0.2) is 19.0 Å². The maximum absolute atomic E-state index is 13.2. The highest BCUT2D eigenvalue weighted by molar-refractivity contribution is 7.89. The lowest BCUT2D eigenvalue weighted by Crippen LogP contribution is -2.41. The molecule has 0 aliphatic carbocycles. The monoisotopic (exact) mass is 513 g/mol. The van der Waals surface area contributed by atoms with Crippen molar-refractivity contribution in [2.24, 2.45) is 5.84 Å². The molecule has 0 unspecified atom stereocenters. The number of nitrogens with two attached hydrogens (primary N) is 1. The van der Waals surface area contributed by atoms with E-state index in [0.717, 1.165) is 11.1 Å². The van der Waals surface area contributed by atoms with Crippen molar-refractivity contribution in [2.45, 2.75) is 30.8 Å². The summed E-state index contributed by atoms with van der Waals surface area (Å²) in [6.45, 7) is 3.99. The third-order valence-corrected chi connectivity index (χ3v) is 7.40. The maximum atomic E-state index is 13.2. The van der Waals surface area contributed by atoms with Crippen LogP contribution in [0.15, 0.2) is 108 Å². The molecule has 0 aliphatic heterocycles. The first-order valence-electron chi connectivity index (χ1n) is 11.7. The minimum atomic E-state index is -3.91. The minimum Gasteiger partial charge on any atom is -0.343 e. The first kappa shape index (κ1) is 26.1. The summed E-state index contributed by atoms with van der Waals surface area (Å²) < 4.78 is 28.9. The van der Waals surface area contributed by atoms with Gasteiger partial charge in [0.15, 0.2) is 0 Å². The molecule has 0 fully saturated rings. The van der Waals surface area contributed by atoms with Crippen LogP contribution in [0.3, 0.4) is 0 Å². The van der Waals surface area contributed by atoms with Gasteiger partial charge in [-0.15, -0.1) is 0 Å². The normalized spacial score (nSPS) is 11.6. The molecule has 0 aliphatic rings. The molecule has 8 heteroatoms. The first-order chi connectivity index (χ1) is 17.7. The molecule has 0 atom stereocenters. The van der Waals surface area contributed by atoms with Gasteiger partial charge in [0, 0.05) is 12.1 Å². The average Bonchev–Trinajstić information content (AvgIpc) is 2.92. The van der Waals surface area contributed by atoms with Crippen LogP contribution in [-0.2, 0) is 22.1 Å². The second kappa shape index (κ2) is 11.0. The highest BCUT2D eigenvalue weighted by Gasteiger charge is 2.25. The number of sulfonamides is 1. The molecular weight excluding hydrogens is 484 g/mol. The molecule has 7 nitrogen and oxygen atoms in total. The van der Waals surface area contributed by atoms with E-state index < -0.39 is 15.6 Å². The van der Waals surface area contributed by atoms with Gasteiger partial charge in [-0.1, -0.05) is 72.8 Å². The number of hydrogen-bond acceptors (Lipinski definition) is 5. The molecule has 0 aromatic heterocycles. The van der Waals surface area contributed by atoms with Gasteiger partial charge < -0.3 is 5.32 Å². The fourth-order valence-corrected chi connectivity index (χ4v) is 5.07. The zero-order valence-corrected chi connectivity index (χ0v) is 21.5. The summed E-state index contributed by atoms with van der Waals surface area (Å²) in [5.41, 5.74) is 2.30. The second-order valence-corrected chi connectivity index (χ2v) is 10.8. The molecule has 4 aromatic rings. The SMILES string of the molecule is CC(C)(NC(=O)c1cccc(N(N)c2cc[c]cc2S(=O)(=O)NCc2ccccc2)c1)c1ccccc1. The topological polar surface area (TPSA) is 105 Å². The van der Waals surface area contributed by atoms with Crippen molar-refractivity contribution in [1.82, 2.24) is 10.0 Å². The molecule has 37 heavy (non-hydrogen) atoms. The Morgan fingerprint density at radius 1 is 0.946 bits per heavy atom. The van der Waals surface area contributed by atoms with Gasteiger partial charge in [0.2, 0.25) is 10.0 Å². The number of rotatable bonds is 9. The van der Waals surface area contributed by atoms with Gasteiger partial charge in [-0.2, -0.15) is 0 Å². The lowest BCUT2D eigenvalue weighted by atomic mass is 9.94. The van der Waals surface area contributed by atoms with Crippen LogP contribution in [0.5, 0.6) is 0 Å². The van der Waals surface area contributed by atoms with Crippen LogP contribution in [0.4, 0.5) is 11.4 Å². The smallest absolute Gasteiger partial charge is 0.252 e. The summed E-state index contributed by atoms with van der Waals surface area (Å²) in [5, 5.41) is 4.31. The Labute approximate surface area is 218 Å². The number of amides is 1. The van der Waals surface area contributed by atoms with Crippen LogP contribution in [0, 0.1) is 6.07 Å². The Balaban J connectivity index is 1.56. The van der Waals surface area contributed by atoms with Crippen LogP contribution >= 0.6 is 0 Å². The minimum absolute atomic E-state index is 0.0199. The third-order valence-electron chi connectivity index (χ3n) is 5.97. The quantitative estimate of drug-likeness (QED) is 0.223. The number of carbonyl (C=O) groups excluding carboxylic acids is 1. The predicted molar refractivity (Wildman–Crippen MR) is 145 cm³/mol. The molecule has 0 saturated carbocycles. The van der Waals surface area contributed by atoms with Crippen molar-refractivity contribution < 1.29 is 13.2 Å². The highest BCUT2D eigenvalue weighted by atomic mass is 32.2. The molecule has 0 heterocycles. The number of nitrogens with one attached hydrogen (secondary N) is 2. The standard InChI is InChI=1S/C29H29N4O3S/c1-29(2,24-15-7-4-8-16-24)32-28(34)23-14-11-17-25(20-23)33(30)26-18-9-10-19-27(26)37(35,36)31-21-22-12-5-3-6-13-22/h3-9,11-20,31H,21,30H2,1-2H3,(H,32,34). The maximum Gasteiger partial charge on any atom is 0.252 e. The Kier molecular flexibility index (Phi) is 7.73. The van der Waals surface area contributed by atoms with E-state index in [2.05, 4.69) is 16.1 Å². The molecular formula is C29H29N4O3S. The van der Waals surface area contributed by atoms with Gasteiger partial charge in [0.25, 0.3) is 5.91 Å². The number of carbonyl (C=O) groups is 1. The average molecular weight is 514 g/mol. The largest absolute Gasteiger partial charge is 0.343 e. The summed E-state index contributed by atoms with van der Waals surface area (Å²) >= 11 is 0.